The van der Waals surface area contributed by atoms with Gasteiger partial charge in [-0.15, -0.1) is 0 Å². The van der Waals surface area contributed by atoms with Crippen LogP contribution in [0.25, 0.3) is 0 Å². The Labute approximate surface area is 144 Å². The Morgan fingerprint density at radius 2 is 1.79 bits per heavy atom. The highest BCUT2D eigenvalue weighted by Crippen LogP contribution is 2.37. The third-order valence-electron chi connectivity index (χ3n) is 4.03. The summed E-state index contributed by atoms with van der Waals surface area (Å²) in [6, 6.07) is 13.1. The van der Waals surface area contributed by atoms with Crippen molar-refractivity contribution in [3.8, 4) is 18.3 Å². The lowest BCUT2D eigenvalue weighted by Gasteiger charge is -2.26. The number of rotatable bonds is 4. The molecule has 0 radical (unpaired) electrons. The maximum Gasteiger partial charge on any atom is 0.340 e. The van der Waals surface area contributed by atoms with Crippen LogP contribution in [0.3, 0.4) is 0 Å². The minimum absolute atomic E-state index is 0. The summed E-state index contributed by atoms with van der Waals surface area (Å²) in [6.07, 6.45) is 6.79. The first-order valence-corrected chi connectivity index (χ1v) is 7.49. The molecular formula is C19H22N2O3. The molecule has 0 bridgehead atoms. The van der Waals surface area contributed by atoms with Crippen LogP contribution in [0, 0.1) is 12.5 Å². The lowest BCUT2D eigenvalue weighted by atomic mass is 10.1. The lowest BCUT2D eigenvalue weighted by molar-refractivity contribution is 0.0388. The van der Waals surface area contributed by atoms with Crippen molar-refractivity contribution in [2.75, 3.05) is 30.9 Å². The molecule has 1 aliphatic heterocycles. The Bertz CT molecular complexity index is 817. The van der Waals surface area contributed by atoms with Gasteiger partial charge >= 0.3 is 5.97 Å². The van der Waals surface area contributed by atoms with E-state index in [9.17, 15) is 4.79 Å². The molecule has 0 saturated carbocycles. The second-order valence-electron chi connectivity index (χ2n) is 5.75. The van der Waals surface area contributed by atoms with Crippen molar-refractivity contribution in [2.24, 2.45) is 0 Å². The fraction of sp³-hybridized carbons (Fsp3) is 0.211. The molecule has 2 aromatic rings. The highest BCUT2D eigenvalue weighted by Gasteiger charge is 2.34. The fourth-order valence-corrected chi connectivity index (χ4v) is 2.68. The Balaban J connectivity index is 0.00000169. The van der Waals surface area contributed by atoms with E-state index in [2.05, 4.69) is 6.11 Å². The first-order valence-electron chi connectivity index (χ1n) is 7.49. The number of benzene rings is 2. The van der Waals surface area contributed by atoms with Crippen molar-refractivity contribution >= 4 is 17.3 Å². The van der Waals surface area contributed by atoms with E-state index >= 15 is 0 Å². The minimum atomic E-state index is -0.455. The predicted molar refractivity (Wildman–Crippen MR) is 97.5 cm³/mol. The van der Waals surface area contributed by atoms with E-state index < -0.39 is 6.23 Å². The second kappa shape index (κ2) is 6.17. The van der Waals surface area contributed by atoms with Crippen LogP contribution in [0.1, 0.15) is 25.0 Å². The van der Waals surface area contributed by atoms with Crippen LogP contribution in [0.2, 0.25) is 0 Å². The molecule has 0 N–H and O–H groups in total. The largest absolute Gasteiger partial charge is 0.434 e. The predicted octanol–water partition coefficient (Wildman–Crippen LogP) is 3.52. The summed E-state index contributed by atoms with van der Waals surface area (Å²) < 4.78 is 10.6. The smallest absolute Gasteiger partial charge is 0.340 e. The molecule has 1 heterocycles. The zero-order valence-corrected chi connectivity index (χ0v) is 13.8. The standard InChI is InChI=1S/C19H18N2O3.2H2/c1-5-23-15-9-6-13(7-10-15)21(4)18-16-11-8-14(20(2)3)12-17(16)19(22)24-18;;/h1,6-12,18H,2-4H3;2*1H. The minimum Gasteiger partial charge on any atom is -0.434 e. The Hall–Kier alpha value is -3.13. The number of ether oxygens (including phenoxy) is 2. The molecule has 5 nitrogen and oxygen atoms in total. The maximum atomic E-state index is 12.2. The van der Waals surface area contributed by atoms with Crippen molar-refractivity contribution in [1.82, 2.24) is 0 Å². The van der Waals surface area contributed by atoms with Crippen LogP contribution in [0.15, 0.2) is 42.5 Å². The molecule has 0 aliphatic carbocycles. The van der Waals surface area contributed by atoms with Gasteiger partial charge in [0.15, 0.2) is 0 Å². The number of fused-ring (bicyclic) bond motifs is 1. The van der Waals surface area contributed by atoms with Gasteiger partial charge in [-0.3, -0.25) is 0 Å². The van der Waals surface area contributed by atoms with E-state index in [1.165, 1.54) is 0 Å². The molecule has 5 heteroatoms. The molecule has 0 aromatic heterocycles. The molecule has 0 amide bonds. The average molecular weight is 326 g/mol. The van der Waals surface area contributed by atoms with E-state index in [-0.39, 0.29) is 8.82 Å². The number of hydrogen-bond donors (Lipinski definition) is 0. The van der Waals surface area contributed by atoms with Crippen LogP contribution in [0.5, 0.6) is 5.75 Å². The number of carbonyl (C=O) groups is 1. The summed E-state index contributed by atoms with van der Waals surface area (Å²) in [5.41, 5.74) is 3.31. The SMILES string of the molecule is C#COc1ccc(N(C)C2OC(=O)c3cc(N(C)C)ccc32)cc1.[HH].[HH]. The molecular weight excluding hydrogens is 304 g/mol. The quantitative estimate of drug-likeness (QED) is 0.635. The number of esters is 1. The third-order valence-corrected chi connectivity index (χ3v) is 4.03. The van der Waals surface area contributed by atoms with Crippen molar-refractivity contribution in [3.63, 3.8) is 0 Å². The normalized spacial score (nSPS) is 15.2. The molecule has 3 rings (SSSR count). The summed E-state index contributed by atoms with van der Waals surface area (Å²) in [5, 5.41) is 0. The number of nitrogens with zero attached hydrogens (tertiary/aromatic N) is 2. The number of carbonyl (C=O) groups excluding carboxylic acids is 1. The van der Waals surface area contributed by atoms with Gasteiger partial charge in [-0.05, 0) is 36.4 Å². The van der Waals surface area contributed by atoms with Crippen molar-refractivity contribution in [1.29, 1.82) is 0 Å². The highest BCUT2D eigenvalue weighted by atomic mass is 16.6. The van der Waals surface area contributed by atoms with Crippen LogP contribution >= 0.6 is 0 Å². The highest BCUT2D eigenvalue weighted by molar-refractivity contribution is 5.95. The summed E-state index contributed by atoms with van der Waals surface area (Å²) in [6.45, 7) is 0. The molecule has 0 saturated heterocycles. The van der Waals surface area contributed by atoms with Crippen molar-refractivity contribution in [3.05, 3.63) is 53.6 Å². The number of cyclic esters (lactones) is 1. The van der Waals surface area contributed by atoms with E-state index in [1.807, 2.05) is 61.3 Å². The molecule has 0 fully saturated rings. The Morgan fingerprint density at radius 1 is 1.12 bits per heavy atom. The number of hydrogen-bond acceptors (Lipinski definition) is 5. The van der Waals surface area contributed by atoms with Gasteiger partial charge < -0.3 is 19.3 Å². The average Bonchev–Trinajstić information content (AvgIpc) is 2.91. The van der Waals surface area contributed by atoms with Gasteiger partial charge in [0.2, 0.25) is 6.23 Å². The van der Waals surface area contributed by atoms with Gasteiger partial charge in [0.25, 0.3) is 0 Å². The number of terminal acetylenes is 1. The molecule has 0 spiro atoms. The maximum absolute atomic E-state index is 12.2. The molecule has 126 valence electrons. The zero-order chi connectivity index (χ0) is 17.3. The van der Waals surface area contributed by atoms with Gasteiger partial charge in [0.1, 0.15) is 11.9 Å². The van der Waals surface area contributed by atoms with Crippen LogP contribution < -0.4 is 14.5 Å². The van der Waals surface area contributed by atoms with E-state index in [1.54, 1.807) is 12.1 Å². The topological polar surface area (TPSA) is 42.0 Å². The number of anilines is 2. The van der Waals surface area contributed by atoms with Gasteiger partial charge in [-0.2, -0.15) is 0 Å². The van der Waals surface area contributed by atoms with Crippen molar-refractivity contribution in [2.45, 2.75) is 6.23 Å². The third kappa shape index (κ3) is 2.74. The first-order chi connectivity index (χ1) is 11.5. The summed E-state index contributed by atoms with van der Waals surface area (Å²) in [4.78, 5) is 16.1. The Morgan fingerprint density at radius 3 is 2.42 bits per heavy atom. The van der Waals surface area contributed by atoms with Crippen LogP contribution in [-0.4, -0.2) is 27.1 Å². The molecule has 1 aliphatic rings. The van der Waals surface area contributed by atoms with Gasteiger partial charge in [0.05, 0.1) is 5.56 Å². The first kappa shape index (κ1) is 15.8. The zero-order valence-electron chi connectivity index (χ0n) is 13.8. The summed E-state index contributed by atoms with van der Waals surface area (Å²) in [7, 11) is 5.75. The monoisotopic (exact) mass is 326 g/mol. The van der Waals surface area contributed by atoms with E-state index in [0.29, 0.717) is 11.3 Å². The lowest BCUT2D eigenvalue weighted by Crippen LogP contribution is -2.24. The van der Waals surface area contributed by atoms with Gasteiger partial charge in [-0.1, -0.05) is 12.5 Å². The second-order valence-corrected chi connectivity index (χ2v) is 5.75. The van der Waals surface area contributed by atoms with Crippen molar-refractivity contribution < 1.29 is 17.1 Å². The summed E-state index contributed by atoms with van der Waals surface area (Å²) >= 11 is 0. The fourth-order valence-electron chi connectivity index (χ4n) is 2.68. The van der Waals surface area contributed by atoms with E-state index in [4.69, 9.17) is 15.9 Å². The van der Waals surface area contributed by atoms with E-state index in [0.717, 1.165) is 16.9 Å². The molecule has 1 atom stereocenters. The molecule has 24 heavy (non-hydrogen) atoms. The van der Waals surface area contributed by atoms with Gasteiger partial charge in [-0.25, -0.2) is 4.79 Å². The van der Waals surface area contributed by atoms with Crippen LogP contribution in [0.4, 0.5) is 11.4 Å². The van der Waals surface area contributed by atoms with Gasteiger partial charge in [0, 0.05) is 40.9 Å². The van der Waals surface area contributed by atoms with Crippen LogP contribution in [-0.2, 0) is 4.74 Å². The molecule has 2 aromatic carbocycles. The Kier molecular flexibility index (Phi) is 4.05. The summed E-state index contributed by atoms with van der Waals surface area (Å²) in [5.74, 6) is 0.284. The molecule has 1 unspecified atom stereocenters.